The van der Waals surface area contributed by atoms with Gasteiger partial charge in [0.25, 0.3) is 12.6 Å². The van der Waals surface area contributed by atoms with Gasteiger partial charge in [-0.2, -0.15) is 0 Å². The molecule has 16 nitrogen and oxygen atoms in total. The molecule has 0 N–H and O–H groups in total. The molecule has 0 spiro atoms. The zero-order valence-corrected chi connectivity index (χ0v) is 35.0. The highest BCUT2D eigenvalue weighted by Crippen LogP contribution is 2.22. The van der Waals surface area contributed by atoms with Crippen molar-refractivity contribution in [3.05, 3.63) is 145 Å². The number of unbranched alkanes of at least 4 members (excludes halogenated alkanes) is 4. The van der Waals surface area contributed by atoms with Crippen LogP contribution in [0, 0.1) is 0 Å². The van der Waals surface area contributed by atoms with Gasteiger partial charge in [0.2, 0.25) is 0 Å². The van der Waals surface area contributed by atoms with Crippen molar-refractivity contribution in [3.8, 4) is 23.0 Å². The van der Waals surface area contributed by atoms with Crippen LogP contribution in [0.25, 0.3) is 0 Å². The SMILES string of the molecule is C=CC(=O)OCCCCCOc1ccc(C(=O)Oc2ccc(C(=O)O[C@H]3OCCO[C@@H]3OC(=O)c3ccc(OC(=O)c4ccc(OCCCCCOC(=O)C=C)cc4)cc3)cc2)cc1. The number of hydrogen-bond donors (Lipinski definition) is 0. The molecule has 64 heavy (non-hydrogen) atoms. The molecule has 0 radical (unpaired) electrons. The van der Waals surface area contributed by atoms with E-state index in [0.29, 0.717) is 50.8 Å². The lowest BCUT2D eigenvalue weighted by molar-refractivity contribution is -0.288. The van der Waals surface area contributed by atoms with Gasteiger partial charge in [-0.1, -0.05) is 13.2 Å². The number of hydrogen-bond acceptors (Lipinski definition) is 16. The summed E-state index contributed by atoms with van der Waals surface area (Å²) in [4.78, 5) is 73.7. The topological polar surface area (TPSA) is 195 Å². The fourth-order valence-electron chi connectivity index (χ4n) is 5.64. The third-order valence-corrected chi connectivity index (χ3v) is 9.03. The zero-order chi connectivity index (χ0) is 45.5. The number of benzene rings is 4. The molecule has 5 rings (SSSR count). The molecule has 1 saturated heterocycles. The highest BCUT2D eigenvalue weighted by Gasteiger charge is 2.34. The van der Waals surface area contributed by atoms with Gasteiger partial charge in [0, 0.05) is 12.2 Å². The smallest absolute Gasteiger partial charge is 0.343 e. The molecule has 1 aliphatic rings. The first-order valence-corrected chi connectivity index (χ1v) is 20.5. The molecule has 2 atom stereocenters. The molecule has 336 valence electrons. The number of esters is 6. The monoisotopic (exact) mass is 880 g/mol. The first-order valence-electron chi connectivity index (χ1n) is 20.5. The van der Waals surface area contributed by atoms with E-state index < -0.39 is 48.4 Å². The maximum absolute atomic E-state index is 13.0. The second-order valence-corrected chi connectivity index (χ2v) is 13.7. The largest absolute Gasteiger partial charge is 0.494 e. The van der Waals surface area contributed by atoms with E-state index in [2.05, 4.69) is 13.2 Å². The molecule has 0 bridgehead atoms. The average Bonchev–Trinajstić information content (AvgIpc) is 3.32. The van der Waals surface area contributed by atoms with E-state index >= 15 is 0 Å². The molecule has 0 unspecified atom stereocenters. The van der Waals surface area contributed by atoms with Crippen molar-refractivity contribution >= 4 is 35.8 Å². The van der Waals surface area contributed by atoms with Gasteiger partial charge in [-0.25, -0.2) is 28.8 Å². The van der Waals surface area contributed by atoms with Crippen LogP contribution in [-0.2, 0) is 38.0 Å². The molecule has 16 heteroatoms. The Morgan fingerprint density at radius 1 is 0.438 bits per heavy atom. The van der Waals surface area contributed by atoms with Crippen LogP contribution >= 0.6 is 0 Å². The predicted molar refractivity (Wildman–Crippen MR) is 227 cm³/mol. The average molecular weight is 881 g/mol. The van der Waals surface area contributed by atoms with Crippen LogP contribution in [0.4, 0.5) is 0 Å². The van der Waals surface area contributed by atoms with Crippen LogP contribution in [0.5, 0.6) is 23.0 Å². The lowest BCUT2D eigenvalue weighted by Crippen LogP contribution is -2.44. The Hall–Kier alpha value is -7.30. The Morgan fingerprint density at radius 2 is 0.750 bits per heavy atom. The summed E-state index contributed by atoms with van der Waals surface area (Å²) in [5.41, 5.74) is 0.765. The third kappa shape index (κ3) is 15.9. The Bertz CT molecular complexity index is 2020. The van der Waals surface area contributed by atoms with Crippen LogP contribution < -0.4 is 18.9 Å². The fourth-order valence-corrected chi connectivity index (χ4v) is 5.64. The Morgan fingerprint density at radius 3 is 1.09 bits per heavy atom. The van der Waals surface area contributed by atoms with E-state index in [0.717, 1.165) is 37.8 Å². The van der Waals surface area contributed by atoms with E-state index in [1.54, 1.807) is 48.5 Å². The van der Waals surface area contributed by atoms with Crippen molar-refractivity contribution in [2.45, 2.75) is 51.1 Å². The summed E-state index contributed by atoms with van der Waals surface area (Å²) in [5, 5.41) is 0. The van der Waals surface area contributed by atoms with E-state index in [1.807, 2.05) is 0 Å². The maximum Gasteiger partial charge on any atom is 0.343 e. The molecule has 1 heterocycles. The van der Waals surface area contributed by atoms with Crippen LogP contribution in [0.2, 0.25) is 0 Å². The van der Waals surface area contributed by atoms with Gasteiger partial charge in [-0.15, -0.1) is 0 Å². The van der Waals surface area contributed by atoms with Crippen LogP contribution in [0.1, 0.15) is 80.0 Å². The van der Waals surface area contributed by atoms with Crippen molar-refractivity contribution in [2.24, 2.45) is 0 Å². The summed E-state index contributed by atoms with van der Waals surface area (Å²) in [6, 6.07) is 24.2. The Labute approximate surface area is 369 Å². The summed E-state index contributed by atoms with van der Waals surface area (Å²) >= 11 is 0. The standard InChI is InChI=1S/C48H48O16/c1-3-41(49)57-29-9-5-7-27-55-37-19-11-33(12-20-37)43(51)61-39-23-15-35(16-24-39)45(53)63-47-48(60-32-31-59-47)64-46(54)36-17-25-40(26-18-36)62-44(52)34-13-21-38(22-14-34)56-28-8-6-10-30-58-42(50)4-2/h3-4,11-26,47-48H,1-2,5-10,27-32H2/t47-,48-/m1/s1. The van der Waals surface area contributed by atoms with Crippen molar-refractivity contribution in [3.63, 3.8) is 0 Å². The fraction of sp³-hybridized carbons (Fsp3) is 0.292. The first-order chi connectivity index (χ1) is 31.1. The summed E-state index contributed by atoms with van der Waals surface area (Å²) < 4.78 is 54.2. The minimum absolute atomic E-state index is 0.0678. The highest BCUT2D eigenvalue weighted by atomic mass is 16.8. The normalized spacial score (nSPS) is 14.2. The zero-order valence-electron chi connectivity index (χ0n) is 35.0. The lowest BCUT2D eigenvalue weighted by Gasteiger charge is -2.30. The molecular formula is C48H48O16. The van der Waals surface area contributed by atoms with Crippen molar-refractivity contribution in [1.82, 2.24) is 0 Å². The summed E-state index contributed by atoms with van der Waals surface area (Å²) in [5.74, 6) is -2.25. The number of ether oxygens (including phenoxy) is 10. The van der Waals surface area contributed by atoms with Crippen LogP contribution in [-0.4, -0.2) is 88.0 Å². The van der Waals surface area contributed by atoms with E-state index in [1.165, 1.54) is 48.5 Å². The maximum atomic E-state index is 13.0. The second kappa shape index (κ2) is 25.6. The number of rotatable bonds is 24. The molecule has 4 aromatic carbocycles. The van der Waals surface area contributed by atoms with Gasteiger partial charge in [-0.05, 0) is 136 Å². The van der Waals surface area contributed by atoms with Crippen LogP contribution in [0.15, 0.2) is 122 Å². The van der Waals surface area contributed by atoms with Crippen molar-refractivity contribution < 1.29 is 76.1 Å². The van der Waals surface area contributed by atoms with Crippen molar-refractivity contribution in [2.75, 3.05) is 39.6 Å². The molecular weight excluding hydrogens is 833 g/mol. The summed E-state index contributed by atoms with van der Waals surface area (Å²) in [6.45, 7) is 8.39. The van der Waals surface area contributed by atoms with Gasteiger partial charge in [0.15, 0.2) is 0 Å². The molecule has 0 aliphatic carbocycles. The molecule has 0 amide bonds. The van der Waals surface area contributed by atoms with Gasteiger partial charge in [-0.3, -0.25) is 0 Å². The molecule has 1 aliphatic heterocycles. The van der Waals surface area contributed by atoms with Crippen LogP contribution in [0.3, 0.4) is 0 Å². The number of carbonyl (C=O) groups is 6. The van der Waals surface area contributed by atoms with E-state index in [-0.39, 0.29) is 47.0 Å². The molecule has 0 saturated carbocycles. The molecule has 0 aromatic heterocycles. The lowest BCUT2D eigenvalue weighted by atomic mass is 10.2. The van der Waals surface area contributed by atoms with Gasteiger partial charge >= 0.3 is 35.8 Å². The summed E-state index contributed by atoms with van der Waals surface area (Å²) in [7, 11) is 0. The van der Waals surface area contributed by atoms with E-state index in [4.69, 9.17) is 47.4 Å². The highest BCUT2D eigenvalue weighted by molar-refractivity contribution is 5.93. The minimum Gasteiger partial charge on any atom is -0.494 e. The van der Waals surface area contributed by atoms with Crippen molar-refractivity contribution in [1.29, 1.82) is 0 Å². The van der Waals surface area contributed by atoms with Gasteiger partial charge in [0.05, 0.1) is 61.9 Å². The predicted octanol–water partition coefficient (Wildman–Crippen LogP) is 7.39. The molecule has 4 aromatic rings. The molecule has 1 fully saturated rings. The first kappa shape index (κ1) is 47.7. The van der Waals surface area contributed by atoms with Gasteiger partial charge < -0.3 is 47.4 Å². The third-order valence-electron chi connectivity index (χ3n) is 9.03. The summed E-state index contributed by atoms with van der Waals surface area (Å²) in [6.07, 6.45) is 4.02. The number of carbonyl (C=O) groups excluding carboxylic acids is 6. The second-order valence-electron chi connectivity index (χ2n) is 13.7. The van der Waals surface area contributed by atoms with Gasteiger partial charge in [0.1, 0.15) is 23.0 Å². The Balaban J connectivity index is 1.02. The van der Waals surface area contributed by atoms with E-state index in [9.17, 15) is 28.8 Å². The Kier molecular flexibility index (Phi) is 19.1. The minimum atomic E-state index is -1.39. The quantitative estimate of drug-likeness (QED) is 0.0222.